The van der Waals surface area contributed by atoms with Gasteiger partial charge in [-0.25, -0.2) is 9.59 Å². The number of benzene rings is 4. The first-order valence-corrected chi connectivity index (χ1v) is 24.4. The summed E-state index contributed by atoms with van der Waals surface area (Å²) in [5.74, 6) is -8.56. The van der Waals surface area contributed by atoms with E-state index in [2.05, 4.69) is 16.0 Å². The molecule has 10 rings (SSSR count). The molecule has 0 saturated heterocycles. The van der Waals surface area contributed by atoms with Crippen molar-refractivity contribution in [3.05, 3.63) is 94.0 Å². The van der Waals surface area contributed by atoms with E-state index < -0.39 is 71.5 Å². The smallest absolute Gasteiger partial charge is 0.340 e. The lowest BCUT2D eigenvalue weighted by Crippen LogP contribution is -2.61. The fourth-order valence-electron chi connectivity index (χ4n) is 11.7. The number of hydrogen-bond donors (Lipinski definition) is 3. The predicted molar refractivity (Wildman–Crippen MR) is 257 cm³/mol. The van der Waals surface area contributed by atoms with Gasteiger partial charge in [0, 0.05) is 24.9 Å². The molecular weight excluding hydrogens is 894 g/mol. The molecule has 6 saturated carbocycles. The number of hydrogen-bond acceptors (Lipinski definition) is 10. The van der Waals surface area contributed by atoms with Crippen molar-refractivity contribution < 1.29 is 38.2 Å². The van der Waals surface area contributed by atoms with Gasteiger partial charge in [0.1, 0.15) is 12.2 Å². The van der Waals surface area contributed by atoms with Crippen molar-refractivity contribution >= 4 is 80.3 Å². The molecular formula is C52H61Cl2N5O8. The average molecular weight is 955 g/mol. The summed E-state index contributed by atoms with van der Waals surface area (Å²) < 4.78 is 12.6. The van der Waals surface area contributed by atoms with Crippen molar-refractivity contribution in [3.8, 4) is 0 Å². The van der Waals surface area contributed by atoms with Crippen molar-refractivity contribution in [2.24, 2.45) is 47.3 Å². The SMILES string of the molecule is CN(C)CCCNC(=O)C1C2CCC(C(OC(=O)c3c(Cl)ccc4ccccc34)C2)C1C(=O)NC(=O)C1C2CCC(CC2OC(=O)c2c(Cl)ccc3ccccc23)C1C(=O)NCCCN(C)C. The largest absolute Gasteiger partial charge is 0.458 e. The van der Waals surface area contributed by atoms with Crippen LogP contribution >= 0.6 is 23.2 Å². The molecule has 0 radical (unpaired) electrons. The van der Waals surface area contributed by atoms with Gasteiger partial charge in [-0.1, -0.05) is 83.9 Å². The minimum absolute atomic E-state index is 0.226. The van der Waals surface area contributed by atoms with E-state index in [1.165, 1.54) is 0 Å². The molecule has 6 aliphatic carbocycles. The highest BCUT2D eigenvalue weighted by atomic mass is 35.5. The molecule has 67 heavy (non-hydrogen) atoms. The van der Waals surface area contributed by atoms with Crippen molar-refractivity contribution in [3.63, 3.8) is 0 Å². The Bertz CT molecular complexity index is 2360. The number of imide groups is 1. The van der Waals surface area contributed by atoms with Gasteiger partial charge in [0.25, 0.3) is 0 Å². The summed E-state index contributed by atoms with van der Waals surface area (Å²) in [7, 11) is 7.82. The van der Waals surface area contributed by atoms with Crippen LogP contribution in [0.3, 0.4) is 0 Å². The number of amides is 4. The fraction of sp³-hybridized carbons (Fsp3) is 0.500. The Labute approximate surface area is 401 Å². The monoisotopic (exact) mass is 953 g/mol. The summed E-state index contributed by atoms with van der Waals surface area (Å²) in [6.45, 7) is 2.31. The topological polar surface area (TPSA) is 163 Å². The highest BCUT2D eigenvalue weighted by Crippen LogP contribution is 2.53. The first-order chi connectivity index (χ1) is 32.2. The van der Waals surface area contributed by atoms with E-state index in [9.17, 15) is 28.8 Å². The van der Waals surface area contributed by atoms with Gasteiger partial charge in [-0.2, -0.15) is 0 Å². The molecule has 6 fully saturated rings. The van der Waals surface area contributed by atoms with Crippen LogP contribution in [0.15, 0.2) is 72.8 Å². The second-order valence-electron chi connectivity index (χ2n) is 19.5. The summed E-state index contributed by atoms with van der Waals surface area (Å²) >= 11 is 13.3. The highest BCUT2D eigenvalue weighted by Gasteiger charge is 2.58. The minimum atomic E-state index is -1.02. The normalized spacial score (nSPS) is 26.4. The zero-order valence-electron chi connectivity index (χ0n) is 38.6. The van der Waals surface area contributed by atoms with Gasteiger partial charge in [0.2, 0.25) is 23.6 Å². The maximum absolute atomic E-state index is 15.0. The van der Waals surface area contributed by atoms with Crippen LogP contribution in [0.1, 0.15) is 72.1 Å². The Kier molecular flexibility index (Phi) is 15.2. The van der Waals surface area contributed by atoms with Crippen LogP contribution in [0.2, 0.25) is 10.0 Å². The third-order valence-electron chi connectivity index (χ3n) is 14.8. The molecule has 4 aromatic rings. The van der Waals surface area contributed by atoms with Gasteiger partial charge in [-0.3, -0.25) is 24.5 Å². The summed E-state index contributed by atoms with van der Waals surface area (Å²) in [6, 6.07) is 21.8. The molecule has 0 aromatic heterocycles. The lowest BCUT2D eigenvalue weighted by atomic mass is 9.56. The van der Waals surface area contributed by atoms with E-state index in [4.69, 9.17) is 32.7 Å². The van der Waals surface area contributed by atoms with E-state index in [0.717, 1.165) is 23.9 Å². The number of esters is 2. The fourth-order valence-corrected chi connectivity index (χ4v) is 12.2. The number of nitrogens with zero attached hydrogens (tertiary/aromatic N) is 2. The molecule has 13 nitrogen and oxygen atoms in total. The van der Waals surface area contributed by atoms with Gasteiger partial charge in [0.05, 0.1) is 44.8 Å². The maximum atomic E-state index is 15.0. The predicted octanol–water partition coefficient (Wildman–Crippen LogP) is 7.15. The van der Waals surface area contributed by atoms with Crippen LogP contribution in [0, 0.1) is 47.3 Å². The number of fused-ring (bicyclic) bond motifs is 8. The first-order valence-electron chi connectivity index (χ1n) is 23.7. The molecule has 6 aliphatic rings. The Morgan fingerprint density at radius 1 is 0.537 bits per heavy atom. The minimum Gasteiger partial charge on any atom is -0.458 e. The number of carbonyl (C=O) groups excluding carboxylic acids is 6. The second-order valence-corrected chi connectivity index (χ2v) is 20.3. The maximum Gasteiger partial charge on any atom is 0.340 e. The number of halogens is 2. The second kappa shape index (κ2) is 21.1. The summed E-state index contributed by atoms with van der Waals surface area (Å²) in [5, 5.41) is 12.2. The van der Waals surface area contributed by atoms with E-state index in [1.54, 1.807) is 12.1 Å². The van der Waals surface area contributed by atoms with Gasteiger partial charge in [-0.05, 0) is 138 Å². The van der Waals surface area contributed by atoms with Crippen molar-refractivity contribution in [2.45, 2.75) is 63.6 Å². The zero-order valence-corrected chi connectivity index (χ0v) is 40.1. The Balaban J connectivity index is 1.07. The Hall–Kier alpha value is -5.08. The van der Waals surface area contributed by atoms with Crippen molar-refractivity contribution in [1.29, 1.82) is 0 Å². The van der Waals surface area contributed by atoms with Crippen LogP contribution in [0.4, 0.5) is 0 Å². The Morgan fingerprint density at radius 3 is 1.34 bits per heavy atom. The van der Waals surface area contributed by atoms with E-state index >= 15 is 0 Å². The van der Waals surface area contributed by atoms with Gasteiger partial charge >= 0.3 is 11.9 Å². The van der Waals surface area contributed by atoms with Gasteiger partial charge < -0.3 is 29.9 Å². The van der Waals surface area contributed by atoms with Crippen molar-refractivity contribution in [2.75, 3.05) is 54.4 Å². The molecule has 0 spiro atoms. The molecule has 356 valence electrons. The van der Waals surface area contributed by atoms with Crippen LogP contribution < -0.4 is 16.0 Å². The van der Waals surface area contributed by atoms with Crippen molar-refractivity contribution in [1.82, 2.24) is 25.8 Å². The highest BCUT2D eigenvalue weighted by molar-refractivity contribution is 6.36. The van der Waals surface area contributed by atoms with E-state index in [0.29, 0.717) is 75.2 Å². The molecule has 10 unspecified atom stereocenters. The quantitative estimate of drug-likeness (QED) is 0.0597. The van der Waals surface area contributed by atoms with Crippen LogP contribution in [0.5, 0.6) is 0 Å². The molecule has 3 N–H and O–H groups in total. The molecule has 4 amide bonds. The van der Waals surface area contributed by atoms with Crippen LogP contribution in [-0.2, 0) is 28.7 Å². The summed E-state index contributed by atoms with van der Waals surface area (Å²) in [4.78, 5) is 90.6. The average Bonchev–Trinajstić information content (AvgIpc) is 3.31. The standard InChI is InChI=1S/C52H61Cl2N5O8/c1-58(2)25-9-23-55-47(60)41-31-15-19-35(39(27-31)66-51(64)43-33-13-7-5-11-29(33)17-21-37(43)53)45(41)49(62)57-50(63)46-36-20-16-32(42(46)48(61)56-24-10-26-59(3)4)28-40(36)67-52(65)44-34-14-8-6-12-30(34)18-22-38(44)54/h5-8,11-14,17-18,21-22,31-32,35-36,39-42,45-46H,9-10,15-16,19-20,23-28H2,1-4H3,(H,55,60)(H,56,61)(H,57,62,63). The lowest BCUT2D eigenvalue weighted by molar-refractivity contribution is -0.162. The molecule has 4 aromatic carbocycles. The third-order valence-corrected chi connectivity index (χ3v) is 15.4. The molecule has 15 heteroatoms. The van der Waals surface area contributed by atoms with Crippen LogP contribution in [0.25, 0.3) is 21.5 Å². The number of ether oxygens (including phenoxy) is 2. The lowest BCUT2D eigenvalue weighted by Gasteiger charge is -2.51. The molecule has 10 atom stereocenters. The van der Waals surface area contributed by atoms with Gasteiger partial charge in [-0.15, -0.1) is 0 Å². The number of rotatable bonds is 16. The first kappa shape index (κ1) is 48.4. The molecule has 0 aliphatic heterocycles. The Morgan fingerprint density at radius 2 is 0.940 bits per heavy atom. The van der Waals surface area contributed by atoms with E-state index in [-0.39, 0.29) is 44.8 Å². The molecule has 4 bridgehead atoms. The third kappa shape index (κ3) is 10.4. The summed E-state index contributed by atoms with van der Waals surface area (Å²) in [5.41, 5.74) is 0.452. The van der Waals surface area contributed by atoms with Gasteiger partial charge in [0.15, 0.2) is 0 Å². The van der Waals surface area contributed by atoms with E-state index in [1.807, 2.05) is 98.7 Å². The number of carbonyl (C=O) groups is 6. The van der Waals surface area contributed by atoms with Crippen LogP contribution in [-0.4, -0.2) is 112 Å². The number of nitrogens with one attached hydrogen (secondary N) is 3. The summed E-state index contributed by atoms with van der Waals surface area (Å²) in [6.07, 6.45) is 2.90. The molecule has 0 heterocycles. The zero-order chi connectivity index (χ0) is 47.5.